The number of likely N-dealkylation sites (N-methyl/N-ethyl adjacent to an activating group) is 1. The van der Waals surface area contributed by atoms with E-state index in [0.29, 0.717) is 30.2 Å². The zero-order chi connectivity index (χ0) is 16.3. The molecule has 0 saturated carbocycles. The highest BCUT2D eigenvalue weighted by atomic mass is 32.2. The van der Waals surface area contributed by atoms with E-state index in [1.165, 1.54) is 14.2 Å². The zero-order valence-corrected chi connectivity index (χ0v) is 14.4. The number of hydrogen-bond acceptors (Lipinski definition) is 5. The van der Waals surface area contributed by atoms with Crippen LogP contribution in [0.25, 0.3) is 0 Å². The zero-order valence-electron chi connectivity index (χ0n) is 13.5. The minimum absolute atomic E-state index is 0.198. The van der Waals surface area contributed by atoms with Gasteiger partial charge in [0.25, 0.3) is 0 Å². The lowest BCUT2D eigenvalue weighted by molar-refractivity contribution is 0.292. The Bertz CT molecular complexity index is 631. The van der Waals surface area contributed by atoms with Crippen molar-refractivity contribution in [2.24, 2.45) is 0 Å². The third-order valence-corrected chi connectivity index (χ3v) is 6.10. The first-order valence-electron chi connectivity index (χ1n) is 7.34. The summed E-state index contributed by atoms with van der Waals surface area (Å²) in [5.74, 6) is 0.958. The number of nitrogens with one attached hydrogen (secondary N) is 1. The normalized spacial score (nSPS) is 19.9. The van der Waals surface area contributed by atoms with E-state index < -0.39 is 10.0 Å². The molecule has 1 unspecified atom stereocenters. The third-order valence-electron chi connectivity index (χ3n) is 4.09. The Morgan fingerprint density at radius 1 is 1.23 bits per heavy atom. The summed E-state index contributed by atoms with van der Waals surface area (Å²) in [6.45, 7) is 2.81. The largest absolute Gasteiger partial charge is 0.493 e. The topological polar surface area (TPSA) is 67.9 Å². The van der Waals surface area contributed by atoms with E-state index in [1.807, 2.05) is 7.05 Å². The first kappa shape index (κ1) is 17.1. The van der Waals surface area contributed by atoms with Crippen LogP contribution in [0.1, 0.15) is 18.4 Å². The predicted octanol–water partition coefficient (Wildman–Crippen LogP) is 1.38. The summed E-state index contributed by atoms with van der Waals surface area (Å²) in [7, 11) is 1.36. The van der Waals surface area contributed by atoms with Gasteiger partial charge in [-0.3, -0.25) is 0 Å². The molecule has 1 aromatic carbocycles. The number of piperidine rings is 1. The van der Waals surface area contributed by atoms with Crippen molar-refractivity contribution >= 4 is 10.0 Å². The minimum Gasteiger partial charge on any atom is -0.493 e. The van der Waals surface area contributed by atoms with Gasteiger partial charge in [0, 0.05) is 25.2 Å². The molecule has 1 fully saturated rings. The molecule has 1 aliphatic heterocycles. The van der Waals surface area contributed by atoms with Gasteiger partial charge in [-0.2, -0.15) is 4.31 Å². The van der Waals surface area contributed by atoms with Gasteiger partial charge >= 0.3 is 0 Å². The number of aryl methyl sites for hydroxylation is 1. The maximum Gasteiger partial charge on any atom is 0.243 e. The molecule has 22 heavy (non-hydrogen) atoms. The van der Waals surface area contributed by atoms with Gasteiger partial charge in [-0.25, -0.2) is 8.42 Å². The lowest BCUT2D eigenvalue weighted by atomic mass is 10.1. The fraction of sp³-hybridized carbons (Fsp3) is 0.600. The average molecular weight is 328 g/mol. The van der Waals surface area contributed by atoms with Crippen LogP contribution in [-0.2, 0) is 10.0 Å². The van der Waals surface area contributed by atoms with Gasteiger partial charge in [0.15, 0.2) is 11.5 Å². The van der Waals surface area contributed by atoms with Gasteiger partial charge in [0.2, 0.25) is 10.0 Å². The van der Waals surface area contributed by atoms with E-state index >= 15 is 0 Å². The van der Waals surface area contributed by atoms with E-state index in [9.17, 15) is 8.42 Å². The van der Waals surface area contributed by atoms with E-state index in [0.717, 1.165) is 12.8 Å². The first-order valence-corrected chi connectivity index (χ1v) is 8.78. The van der Waals surface area contributed by atoms with Crippen LogP contribution in [0.5, 0.6) is 11.5 Å². The summed E-state index contributed by atoms with van der Waals surface area (Å²) in [6, 6.07) is 3.45. The van der Waals surface area contributed by atoms with Gasteiger partial charge in [-0.05, 0) is 38.4 Å². The van der Waals surface area contributed by atoms with Gasteiger partial charge in [-0.15, -0.1) is 0 Å². The fourth-order valence-electron chi connectivity index (χ4n) is 2.78. The SMILES string of the molecule is CNC1CCCN(S(=O)(=O)c2cc(OC)c(OC)cc2C)C1. The Hall–Kier alpha value is -1.31. The van der Waals surface area contributed by atoms with E-state index in [2.05, 4.69) is 5.32 Å². The molecule has 0 bridgehead atoms. The van der Waals surface area contributed by atoms with Crippen molar-refractivity contribution in [1.82, 2.24) is 9.62 Å². The van der Waals surface area contributed by atoms with Gasteiger partial charge in [0.05, 0.1) is 19.1 Å². The molecule has 6 nitrogen and oxygen atoms in total. The second-order valence-electron chi connectivity index (χ2n) is 5.46. The summed E-state index contributed by atoms with van der Waals surface area (Å²) in [5, 5.41) is 3.16. The molecule has 1 aliphatic rings. The van der Waals surface area contributed by atoms with Crippen LogP contribution >= 0.6 is 0 Å². The highest BCUT2D eigenvalue weighted by Gasteiger charge is 2.31. The molecular formula is C15H24N2O4S. The van der Waals surface area contributed by atoms with Crippen molar-refractivity contribution in [3.8, 4) is 11.5 Å². The Morgan fingerprint density at radius 2 is 1.86 bits per heavy atom. The number of methoxy groups -OCH3 is 2. The van der Waals surface area contributed by atoms with Crippen LogP contribution in [0.3, 0.4) is 0 Å². The van der Waals surface area contributed by atoms with Crippen LogP contribution in [0.2, 0.25) is 0 Å². The van der Waals surface area contributed by atoms with Crippen LogP contribution in [0, 0.1) is 6.92 Å². The molecule has 0 spiro atoms. The number of ether oxygens (including phenoxy) is 2. The molecule has 7 heteroatoms. The molecule has 0 radical (unpaired) electrons. The number of hydrogen-bond donors (Lipinski definition) is 1. The number of rotatable bonds is 5. The van der Waals surface area contributed by atoms with E-state index in [-0.39, 0.29) is 10.9 Å². The molecule has 0 amide bonds. The van der Waals surface area contributed by atoms with Crippen molar-refractivity contribution in [2.75, 3.05) is 34.4 Å². The molecule has 124 valence electrons. The maximum atomic E-state index is 12.9. The van der Waals surface area contributed by atoms with E-state index in [1.54, 1.807) is 23.4 Å². The van der Waals surface area contributed by atoms with Crippen LogP contribution < -0.4 is 14.8 Å². The highest BCUT2D eigenvalue weighted by Crippen LogP contribution is 2.34. The van der Waals surface area contributed by atoms with Crippen LogP contribution in [0.15, 0.2) is 17.0 Å². The van der Waals surface area contributed by atoms with E-state index in [4.69, 9.17) is 9.47 Å². The molecular weight excluding hydrogens is 304 g/mol. The second kappa shape index (κ2) is 6.85. The summed E-state index contributed by atoms with van der Waals surface area (Å²) < 4.78 is 37.9. The monoisotopic (exact) mass is 328 g/mol. The summed E-state index contributed by atoms with van der Waals surface area (Å²) in [6.07, 6.45) is 1.85. The lowest BCUT2D eigenvalue weighted by Gasteiger charge is -2.32. The third kappa shape index (κ3) is 3.21. The van der Waals surface area contributed by atoms with Gasteiger partial charge < -0.3 is 14.8 Å². The number of benzene rings is 1. The van der Waals surface area contributed by atoms with Crippen molar-refractivity contribution < 1.29 is 17.9 Å². The summed E-state index contributed by atoms with van der Waals surface area (Å²) in [4.78, 5) is 0.280. The quantitative estimate of drug-likeness (QED) is 0.884. The minimum atomic E-state index is -3.54. The Kier molecular flexibility index (Phi) is 5.31. The van der Waals surface area contributed by atoms with Crippen molar-refractivity contribution in [3.05, 3.63) is 17.7 Å². The summed E-state index contributed by atoms with van der Waals surface area (Å²) >= 11 is 0. The van der Waals surface area contributed by atoms with Gasteiger partial charge in [-0.1, -0.05) is 0 Å². The Morgan fingerprint density at radius 3 is 2.45 bits per heavy atom. The predicted molar refractivity (Wildman–Crippen MR) is 85.1 cm³/mol. The van der Waals surface area contributed by atoms with Crippen molar-refractivity contribution in [1.29, 1.82) is 0 Å². The lowest BCUT2D eigenvalue weighted by Crippen LogP contribution is -2.46. The van der Waals surface area contributed by atoms with Crippen molar-refractivity contribution in [3.63, 3.8) is 0 Å². The Balaban J connectivity index is 2.40. The molecule has 1 atom stereocenters. The van der Waals surface area contributed by atoms with Gasteiger partial charge in [0.1, 0.15) is 0 Å². The molecule has 2 rings (SSSR count). The number of sulfonamides is 1. The van der Waals surface area contributed by atoms with Crippen LogP contribution in [0.4, 0.5) is 0 Å². The standard InChI is InChI=1S/C15H24N2O4S/c1-11-8-13(20-3)14(21-4)9-15(11)22(18,19)17-7-5-6-12(10-17)16-2/h8-9,12,16H,5-7,10H2,1-4H3. The summed E-state index contributed by atoms with van der Waals surface area (Å²) in [5.41, 5.74) is 0.657. The maximum absolute atomic E-state index is 12.9. The molecule has 1 aromatic rings. The second-order valence-corrected chi connectivity index (χ2v) is 7.37. The molecule has 1 heterocycles. The van der Waals surface area contributed by atoms with Crippen LogP contribution in [-0.4, -0.2) is 53.1 Å². The fourth-order valence-corrected chi connectivity index (χ4v) is 4.52. The number of nitrogens with zero attached hydrogens (tertiary/aromatic N) is 1. The Labute approximate surface area is 132 Å². The molecule has 0 aliphatic carbocycles. The molecule has 0 aromatic heterocycles. The molecule has 1 saturated heterocycles. The highest BCUT2D eigenvalue weighted by molar-refractivity contribution is 7.89. The van der Waals surface area contributed by atoms with Crippen molar-refractivity contribution in [2.45, 2.75) is 30.7 Å². The first-order chi connectivity index (χ1) is 10.4. The smallest absolute Gasteiger partial charge is 0.243 e. The molecule has 1 N–H and O–H groups in total. The average Bonchev–Trinajstić information content (AvgIpc) is 2.54.